The van der Waals surface area contributed by atoms with Crippen molar-refractivity contribution >= 4 is 17.1 Å². The zero-order valence-electron chi connectivity index (χ0n) is 9.31. The van der Waals surface area contributed by atoms with E-state index in [0.717, 1.165) is 30.6 Å². The molecular weight excluding hydrogens is 202 g/mol. The largest absolute Gasteiger partial charge is 0.424 e. The Morgan fingerprint density at radius 1 is 1.44 bits per heavy atom. The van der Waals surface area contributed by atoms with Crippen LogP contribution in [0.15, 0.2) is 28.7 Å². The van der Waals surface area contributed by atoms with E-state index >= 15 is 0 Å². The van der Waals surface area contributed by atoms with Crippen molar-refractivity contribution in [3.05, 3.63) is 24.3 Å². The Labute approximate surface area is 94.3 Å². The molecule has 0 spiro atoms. The van der Waals surface area contributed by atoms with Gasteiger partial charge in [-0.25, -0.2) is 0 Å². The Kier molecular flexibility index (Phi) is 2.29. The fourth-order valence-corrected chi connectivity index (χ4v) is 2.16. The molecule has 16 heavy (non-hydrogen) atoms. The number of likely N-dealkylation sites (tertiary alicyclic amines) is 1. The molecule has 84 valence electrons. The molecule has 0 bridgehead atoms. The molecule has 0 saturated carbocycles. The highest BCUT2D eigenvalue weighted by atomic mass is 16.4. The number of hydrogen-bond donors (Lipinski definition) is 1. The molecule has 2 heterocycles. The highest BCUT2D eigenvalue weighted by Crippen LogP contribution is 2.20. The van der Waals surface area contributed by atoms with Gasteiger partial charge in [-0.1, -0.05) is 12.1 Å². The van der Waals surface area contributed by atoms with Crippen molar-refractivity contribution in [2.45, 2.75) is 12.5 Å². The van der Waals surface area contributed by atoms with Gasteiger partial charge in [-0.15, -0.1) is 0 Å². The van der Waals surface area contributed by atoms with Gasteiger partial charge in [0.15, 0.2) is 5.58 Å². The summed E-state index contributed by atoms with van der Waals surface area (Å²) in [4.78, 5) is 6.71. The second-order valence-electron chi connectivity index (χ2n) is 4.38. The summed E-state index contributed by atoms with van der Waals surface area (Å²) in [6, 6.07) is 8.93. The number of rotatable bonds is 2. The molecule has 1 atom stereocenters. The minimum Gasteiger partial charge on any atom is -0.424 e. The van der Waals surface area contributed by atoms with Crippen LogP contribution in [-0.2, 0) is 0 Å². The summed E-state index contributed by atoms with van der Waals surface area (Å²) >= 11 is 0. The molecule has 3 rings (SSSR count). The Hall–Kier alpha value is -1.55. The normalized spacial score (nSPS) is 21.7. The lowest BCUT2D eigenvalue weighted by Crippen LogP contribution is -2.23. The first-order valence-electron chi connectivity index (χ1n) is 5.62. The summed E-state index contributed by atoms with van der Waals surface area (Å²) in [7, 11) is 2.13. The molecule has 1 aliphatic rings. The second-order valence-corrected chi connectivity index (χ2v) is 4.38. The van der Waals surface area contributed by atoms with E-state index in [9.17, 15) is 0 Å². The van der Waals surface area contributed by atoms with Crippen molar-refractivity contribution < 1.29 is 4.42 Å². The van der Waals surface area contributed by atoms with Gasteiger partial charge in [0.05, 0.1) is 0 Å². The molecule has 1 aliphatic heterocycles. The van der Waals surface area contributed by atoms with Gasteiger partial charge >= 0.3 is 0 Å². The van der Waals surface area contributed by atoms with Gasteiger partial charge in [0.1, 0.15) is 5.52 Å². The van der Waals surface area contributed by atoms with E-state index in [0.29, 0.717) is 12.1 Å². The lowest BCUT2D eigenvalue weighted by atomic mass is 10.3. The minimum atomic E-state index is 0.457. The highest BCUT2D eigenvalue weighted by Gasteiger charge is 2.20. The fourth-order valence-electron chi connectivity index (χ4n) is 2.16. The van der Waals surface area contributed by atoms with Crippen LogP contribution in [0.4, 0.5) is 6.01 Å². The molecule has 1 aromatic carbocycles. The summed E-state index contributed by atoms with van der Waals surface area (Å²) in [5, 5.41) is 3.34. The molecule has 0 amide bonds. The number of fused-ring (bicyclic) bond motifs is 1. The Morgan fingerprint density at radius 3 is 3.06 bits per heavy atom. The topological polar surface area (TPSA) is 41.3 Å². The number of nitrogens with one attached hydrogen (secondary N) is 1. The van der Waals surface area contributed by atoms with Crippen LogP contribution in [0.2, 0.25) is 0 Å². The van der Waals surface area contributed by atoms with E-state index < -0.39 is 0 Å². The summed E-state index contributed by atoms with van der Waals surface area (Å²) in [5.41, 5.74) is 1.76. The predicted molar refractivity (Wildman–Crippen MR) is 63.5 cm³/mol. The van der Waals surface area contributed by atoms with E-state index in [2.05, 4.69) is 22.2 Å². The molecule has 1 unspecified atom stereocenters. The third-order valence-corrected chi connectivity index (χ3v) is 3.01. The van der Waals surface area contributed by atoms with E-state index in [4.69, 9.17) is 4.42 Å². The Bertz CT molecular complexity index is 461. The fraction of sp³-hybridized carbons (Fsp3) is 0.417. The number of aromatic nitrogens is 1. The molecule has 2 aromatic rings. The monoisotopic (exact) mass is 217 g/mol. The van der Waals surface area contributed by atoms with Crippen molar-refractivity contribution in [2.24, 2.45) is 0 Å². The number of anilines is 1. The molecule has 1 aromatic heterocycles. The van der Waals surface area contributed by atoms with Crippen molar-refractivity contribution in [2.75, 3.05) is 25.5 Å². The zero-order valence-corrected chi connectivity index (χ0v) is 9.31. The smallest absolute Gasteiger partial charge is 0.295 e. The number of nitrogens with zero attached hydrogens (tertiary/aromatic N) is 2. The van der Waals surface area contributed by atoms with Gasteiger partial charge in [-0.2, -0.15) is 4.98 Å². The van der Waals surface area contributed by atoms with Crippen molar-refractivity contribution in [3.63, 3.8) is 0 Å². The van der Waals surface area contributed by atoms with E-state index in [1.807, 2.05) is 24.3 Å². The Balaban J connectivity index is 1.79. The maximum absolute atomic E-state index is 5.62. The molecule has 1 saturated heterocycles. The lowest BCUT2D eigenvalue weighted by Gasteiger charge is -2.10. The number of oxazole rings is 1. The van der Waals surface area contributed by atoms with Crippen molar-refractivity contribution in [1.29, 1.82) is 0 Å². The van der Waals surface area contributed by atoms with Crippen LogP contribution < -0.4 is 5.32 Å². The number of para-hydroxylation sites is 2. The van der Waals surface area contributed by atoms with Gasteiger partial charge in [0, 0.05) is 12.6 Å². The summed E-state index contributed by atoms with van der Waals surface area (Å²) in [6.45, 7) is 2.19. The summed E-state index contributed by atoms with van der Waals surface area (Å²) < 4.78 is 5.62. The standard InChI is InChI=1S/C12H15N3O/c1-15-7-6-9(8-15)13-12-14-10-4-2-3-5-11(10)16-12/h2-5,9H,6-8H2,1H3,(H,13,14). The van der Waals surface area contributed by atoms with Gasteiger partial charge in [-0.3, -0.25) is 0 Å². The molecule has 1 fully saturated rings. The summed E-state index contributed by atoms with van der Waals surface area (Å²) in [6.07, 6.45) is 1.15. The third-order valence-electron chi connectivity index (χ3n) is 3.01. The third kappa shape index (κ3) is 1.76. The van der Waals surface area contributed by atoms with Gasteiger partial charge < -0.3 is 14.6 Å². The zero-order chi connectivity index (χ0) is 11.0. The van der Waals surface area contributed by atoms with Gasteiger partial charge in [0.2, 0.25) is 0 Å². The average Bonchev–Trinajstić information content (AvgIpc) is 2.84. The Morgan fingerprint density at radius 2 is 2.31 bits per heavy atom. The lowest BCUT2D eigenvalue weighted by molar-refractivity contribution is 0.413. The first-order chi connectivity index (χ1) is 7.81. The summed E-state index contributed by atoms with van der Waals surface area (Å²) in [5.74, 6) is 0. The molecule has 0 radical (unpaired) electrons. The van der Waals surface area contributed by atoms with Crippen LogP contribution in [0.3, 0.4) is 0 Å². The van der Waals surface area contributed by atoms with Crippen LogP contribution in [-0.4, -0.2) is 36.1 Å². The molecule has 0 aliphatic carbocycles. The number of benzene rings is 1. The first-order valence-corrected chi connectivity index (χ1v) is 5.62. The maximum Gasteiger partial charge on any atom is 0.295 e. The van der Waals surface area contributed by atoms with Crippen molar-refractivity contribution in [3.8, 4) is 0 Å². The molecular formula is C12H15N3O. The maximum atomic E-state index is 5.62. The highest BCUT2D eigenvalue weighted by molar-refractivity contribution is 5.74. The van der Waals surface area contributed by atoms with E-state index in [-0.39, 0.29) is 0 Å². The van der Waals surface area contributed by atoms with Gasteiger partial charge in [0.25, 0.3) is 6.01 Å². The van der Waals surface area contributed by atoms with Crippen LogP contribution in [0.1, 0.15) is 6.42 Å². The SMILES string of the molecule is CN1CCC(Nc2nc3ccccc3o2)C1. The minimum absolute atomic E-state index is 0.457. The van der Waals surface area contributed by atoms with Crippen molar-refractivity contribution in [1.82, 2.24) is 9.88 Å². The van der Waals surface area contributed by atoms with Crippen LogP contribution in [0, 0.1) is 0 Å². The molecule has 1 N–H and O–H groups in total. The molecule has 4 nitrogen and oxygen atoms in total. The van der Waals surface area contributed by atoms with Crippen LogP contribution in [0.5, 0.6) is 0 Å². The number of hydrogen-bond acceptors (Lipinski definition) is 4. The van der Waals surface area contributed by atoms with Gasteiger partial charge in [-0.05, 0) is 32.1 Å². The van der Waals surface area contributed by atoms with Crippen LogP contribution in [0.25, 0.3) is 11.1 Å². The average molecular weight is 217 g/mol. The molecule has 4 heteroatoms. The number of likely N-dealkylation sites (N-methyl/N-ethyl adjacent to an activating group) is 1. The van der Waals surface area contributed by atoms with E-state index in [1.54, 1.807) is 0 Å². The van der Waals surface area contributed by atoms with Crippen LogP contribution >= 0.6 is 0 Å². The second kappa shape index (κ2) is 3.79. The quantitative estimate of drug-likeness (QED) is 0.834. The van der Waals surface area contributed by atoms with E-state index in [1.165, 1.54) is 0 Å². The predicted octanol–water partition coefficient (Wildman–Crippen LogP) is 1.94. The first kappa shape index (κ1) is 9.66.